The SMILES string of the molecule is CC(OC(=O)c1ccccn1)N1C(=O)NC(c2ccccc2)(c2ccccc2)C1=O. The summed E-state index contributed by atoms with van der Waals surface area (Å²) in [5.74, 6) is -1.24. The summed E-state index contributed by atoms with van der Waals surface area (Å²) in [4.78, 5) is 43.8. The number of pyridine rings is 1. The van der Waals surface area contributed by atoms with Crippen molar-refractivity contribution in [3.63, 3.8) is 0 Å². The van der Waals surface area contributed by atoms with Crippen molar-refractivity contribution in [2.45, 2.75) is 18.7 Å². The predicted molar refractivity (Wildman–Crippen MR) is 108 cm³/mol. The molecule has 4 rings (SSSR count). The van der Waals surface area contributed by atoms with Crippen molar-refractivity contribution < 1.29 is 19.1 Å². The van der Waals surface area contributed by atoms with Crippen LogP contribution in [0.3, 0.4) is 0 Å². The fourth-order valence-electron chi connectivity index (χ4n) is 3.56. The molecule has 1 aliphatic heterocycles. The Hall–Kier alpha value is -4.00. The lowest BCUT2D eigenvalue weighted by molar-refractivity contribution is -0.136. The monoisotopic (exact) mass is 401 g/mol. The summed E-state index contributed by atoms with van der Waals surface area (Å²) in [5, 5.41) is 2.82. The third-order valence-corrected chi connectivity index (χ3v) is 4.98. The van der Waals surface area contributed by atoms with Crippen LogP contribution in [0.1, 0.15) is 28.5 Å². The third kappa shape index (κ3) is 3.20. The topological polar surface area (TPSA) is 88.6 Å². The molecule has 1 unspecified atom stereocenters. The average Bonchev–Trinajstić information content (AvgIpc) is 3.06. The number of esters is 1. The number of hydrogen-bond donors (Lipinski definition) is 1. The zero-order valence-electron chi connectivity index (χ0n) is 16.2. The summed E-state index contributed by atoms with van der Waals surface area (Å²) in [6, 6.07) is 22.1. The highest BCUT2D eigenvalue weighted by Crippen LogP contribution is 2.36. The van der Waals surface area contributed by atoms with Gasteiger partial charge < -0.3 is 10.1 Å². The van der Waals surface area contributed by atoms with Crippen molar-refractivity contribution >= 4 is 17.9 Å². The summed E-state index contributed by atoms with van der Waals surface area (Å²) in [7, 11) is 0. The lowest BCUT2D eigenvalue weighted by Crippen LogP contribution is -2.46. The molecule has 7 nitrogen and oxygen atoms in total. The highest BCUT2D eigenvalue weighted by Gasteiger charge is 2.55. The maximum Gasteiger partial charge on any atom is 0.358 e. The number of hydrogen-bond acceptors (Lipinski definition) is 5. The molecule has 1 saturated heterocycles. The van der Waals surface area contributed by atoms with Gasteiger partial charge in [-0.25, -0.2) is 19.5 Å². The molecular weight excluding hydrogens is 382 g/mol. The maximum atomic E-state index is 13.6. The first-order valence-electron chi connectivity index (χ1n) is 9.43. The van der Waals surface area contributed by atoms with Gasteiger partial charge in [-0.1, -0.05) is 66.7 Å². The lowest BCUT2D eigenvalue weighted by Gasteiger charge is -2.29. The van der Waals surface area contributed by atoms with E-state index in [1.807, 2.05) is 12.1 Å². The number of benzene rings is 2. The first-order valence-corrected chi connectivity index (χ1v) is 9.43. The van der Waals surface area contributed by atoms with Crippen LogP contribution < -0.4 is 5.32 Å². The molecule has 150 valence electrons. The summed E-state index contributed by atoms with van der Waals surface area (Å²) in [6.45, 7) is 1.48. The highest BCUT2D eigenvalue weighted by molar-refractivity contribution is 6.10. The van der Waals surface area contributed by atoms with Crippen molar-refractivity contribution in [2.75, 3.05) is 0 Å². The molecule has 3 amide bonds. The smallest absolute Gasteiger partial charge is 0.358 e. The fourth-order valence-corrected chi connectivity index (χ4v) is 3.56. The molecule has 1 atom stereocenters. The van der Waals surface area contributed by atoms with E-state index in [0.29, 0.717) is 11.1 Å². The molecule has 0 radical (unpaired) electrons. The van der Waals surface area contributed by atoms with Crippen molar-refractivity contribution in [1.82, 2.24) is 15.2 Å². The van der Waals surface area contributed by atoms with Crippen molar-refractivity contribution in [3.05, 3.63) is 102 Å². The van der Waals surface area contributed by atoms with Crippen molar-refractivity contribution in [1.29, 1.82) is 0 Å². The Morgan fingerprint density at radius 3 is 2.03 bits per heavy atom. The largest absolute Gasteiger partial charge is 0.437 e. The maximum absolute atomic E-state index is 13.6. The summed E-state index contributed by atoms with van der Waals surface area (Å²) >= 11 is 0. The van der Waals surface area contributed by atoms with Gasteiger partial charge in [-0.15, -0.1) is 0 Å². The Balaban J connectivity index is 1.69. The second kappa shape index (κ2) is 7.79. The molecule has 0 bridgehead atoms. The average molecular weight is 401 g/mol. The number of nitrogens with one attached hydrogen (secondary N) is 1. The van der Waals surface area contributed by atoms with Crippen LogP contribution in [-0.2, 0) is 15.1 Å². The quantitative estimate of drug-likeness (QED) is 0.524. The molecule has 3 aromatic rings. The van der Waals surface area contributed by atoms with Gasteiger partial charge in [0.05, 0.1) is 0 Å². The van der Waals surface area contributed by atoms with E-state index in [9.17, 15) is 14.4 Å². The Bertz CT molecular complexity index is 1030. The van der Waals surface area contributed by atoms with Crippen LogP contribution >= 0.6 is 0 Å². The Morgan fingerprint density at radius 1 is 0.933 bits per heavy atom. The van der Waals surface area contributed by atoms with E-state index >= 15 is 0 Å². The molecule has 1 aromatic heterocycles. The minimum atomic E-state index is -1.41. The van der Waals surface area contributed by atoms with Crippen LogP contribution in [0.2, 0.25) is 0 Å². The second-order valence-electron chi connectivity index (χ2n) is 6.81. The minimum Gasteiger partial charge on any atom is -0.437 e. The number of aromatic nitrogens is 1. The lowest BCUT2D eigenvalue weighted by atomic mass is 9.82. The van der Waals surface area contributed by atoms with Gasteiger partial charge in [0.2, 0.25) is 0 Å². The molecule has 1 aliphatic rings. The van der Waals surface area contributed by atoms with Gasteiger partial charge in [0.15, 0.2) is 11.8 Å². The van der Waals surface area contributed by atoms with E-state index in [-0.39, 0.29) is 5.69 Å². The zero-order valence-corrected chi connectivity index (χ0v) is 16.2. The number of carbonyl (C=O) groups is 3. The molecule has 0 spiro atoms. The first-order chi connectivity index (χ1) is 14.5. The Labute approximate surface area is 173 Å². The first kappa shape index (κ1) is 19.3. The van der Waals surface area contributed by atoms with Gasteiger partial charge >= 0.3 is 12.0 Å². The molecule has 30 heavy (non-hydrogen) atoms. The van der Waals surface area contributed by atoms with Crippen LogP contribution in [0.25, 0.3) is 0 Å². The molecule has 1 fully saturated rings. The number of amides is 3. The van der Waals surface area contributed by atoms with E-state index < -0.39 is 29.7 Å². The van der Waals surface area contributed by atoms with Crippen LogP contribution in [0.15, 0.2) is 85.1 Å². The van der Waals surface area contributed by atoms with Gasteiger partial charge in [0, 0.05) is 6.20 Å². The second-order valence-corrected chi connectivity index (χ2v) is 6.81. The highest BCUT2D eigenvalue weighted by atomic mass is 16.6. The fraction of sp³-hybridized carbons (Fsp3) is 0.130. The molecule has 0 saturated carbocycles. The normalized spacial score (nSPS) is 16.1. The van der Waals surface area contributed by atoms with Crippen molar-refractivity contribution in [3.8, 4) is 0 Å². The molecule has 2 heterocycles. The summed E-state index contributed by atoms with van der Waals surface area (Å²) in [6.07, 6.45) is 0.339. The number of urea groups is 1. The number of ether oxygens (including phenoxy) is 1. The van der Waals surface area contributed by atoms with Crippen LogP contribution in [0.5, 0.6) is 0 Å². The zero-order chi connectivity index (χ0) is 21.1. The number of carbonyl (C=O) groups excluding carboxylic acids is 3. The van der Waals surface area contributed by atoms with E-state index in [0.717, 1.165) is 4.90 Å². The molecular formula is C23H19N3O4. The van der Waals surface area contributed by atoms with Crippen LogP contribution in [0.4, 0.5) is 4.79 Å². The molecule has 0 aliphatic carbocycles. The van der Waals surface area contributed by atoms with E-state index in [1.165, 1.54) is 19.2 Å². The van der Waals surface area contributed by atoms with Crippen LogP contribution in [-0.4, -0.2) is 34.0 Å². The van der Waals surface area contributed by atoms with Gasteiger partial charge in [0.1, 0.15) is 5.69 Å². The standard InChI is InChI=1S/C23H19N3O4/c1-16(30-20(27)19-14-8-9-15-24-19)26-21(28)23(25-22(26)29,17-10-4-2-5-11-17)18-12-6-3-7-13-18/h2-16H,1H3,(H,25,29). The van der Waals surface area contributed by atoms with Gasteiger partial charge in [-0.3, -0.25) is 4.79 Å². The predicted octanol–water partition coefficient (Wildman–Crippen LogP) is 3.08. The van der Waals surface area contributed by atoms with Crippen LogP contribution in [0, 0.1) is 0 Å². The summed E-state index contributed by atoms with van der Waals surface area (Å²) < 4.78 is 5.37. The molecule has 7 heteroatoms. The molecule has 1 N–H and O–H groups in total. The van der Waals surface area contributed by atoms with E-state index in [4.69, 9.17) is 4.74 Å². The Morgan fingerprint density at radius 2 is 1.50 bits per heavy atom. The van der Waals surface area contributed by atoms with Gasteiger partial charge in [-0.05, 0) is 30.2 Å². The van der Waals surface area contributed by atoms with Crippen molar-refractivity contribution in [2.24, 2.45) is 0 Å². The van der Waals surface area contributed by atoms with Gasteiger partial charge in [0.25, 0.3) is 5.91 Å². The van der Waals surface area contributed by atoms with E-state index in [2.05, 4.69) is 10.3 Å². The number of nitrogens with zero attached hydrogens (tertiary/aromatic N) is 2. The summed E-state index contributed by atoms with van der Waals surface area (Å²) in [5.41, 5.74) is -0.0972. The third-order valence-electron chi connectivity index (χ3n) is 4.98. The molecule has 2 aromatic carbocycles. The minimum absolute atomic E-state index is 0.0915. The Kier molecular flexibility index (Phi) is 5.02. The number of imide groups is 1. The van der Waals surface area contributed by atoms with E-state index in [1.54, 1.807) is 60.7 Å². The number of rotatable bonds is 5. The van der Waals surface area contributed by atoms with Gasteiger partial charge in [-0.2, -0.15) is 0 Å².